The van der Waals surface area contributed by atoms with Crippen LogP contribution in [0.5, 0.6) is 0 Å². The second-order valence-corrected chi connectivity index (χ2v) is 9.77. The Balaban J connectivity index is 1.58. The molecular weight excluding hydrogens is 391 g/mol. The van der Waals surface area contributed by atoms with Crippen molar-refractivity contribution in [3.8, 4) is 5.69 Å². The first-order chi connectivity index (χ1) is 13.7. The topological polar surface area (TPSA) is 58.4 Å². The third-order valence-corrected chi connectivity index (χ3v) is 7.14. The third kappa shape index (κ3) is 3.86. The van der Waals surface area contributed by atoms with Gasteiger partial charge in [-0.2, -0.15) is 5.10 Å². The zero-order valence-corrected chi connectivity index (χ0v) is 17.7. The molecule has 0 amide bonds. The largest absolute Gasteiger partial charge is 0.371 e. The van der Waals surface area contributed by atoms with Gasteiger partial charge in [0.1, 0.15) is 5.82 Å². The van der Waals surface area contributed by atoms with Crippen molar-refractivity contribution in [3.63, 3.8) is 0 Å². The van der Waals surface area contributed by atoms with Gasteiger partial charge in [0.25, 0.3) is 0 Å². The van der Waals surface area contributed by atoms with Crippen LogP contribution >= 0.6 is 0 Å². The van der Waals surface area contributed by atoms with E-state index in [-0.39, 0.29) is 11.9 Å². The van der Waals surface area contributed by atoms with Gasteiger partial charge in [0.15, 0.2) is 0 Å². The molecule has 2 aromatic carbocycles. The van der Waals surface area contributed by atoms with Crippen LogP contribution in [0.2, 0.25) is 0 Å². The van der Waals surface area contributed by atoms with E-state index >= 15 is 0 Å². The lowest BCUT2D eigenvalue weighted by Crippen LogP contribution is -2.45. The van der Waals surface area contributed by atoms with Crippen molar-refractivity contribution in [1.82, 2.24) is 14.1 Å². The molecule has 2 heterocycles. The normalized spacial score (nSPS) is 16.1. The highest BCUT2D eigenvalue weighted by Crippen LogP contribution is 2.31. The van der Waals surface area contributed by atoms with Gasteiger partial charge in [0, 0.05) is 37.3 Å². The summed E-state index contributed by atoms with van der Waals surface area (Å²) in [5.41, 5.74) is 4.08. The highest BCUT2D eigenvalue weighted by atomic mass is 32.2. The van der Waals surface area contributed by atoms with Gasteiger partial charge in [-0.15, -0.1) is 0 Å². The van der Waals surface area contributed by atoms with E-state index in [0.29, 0.717) is 0 Å². The number of nitrogens with zero attached hydrogens (tertiary/aromatic N) is 4. The highest BCUT2D eigenvalue weighted by molar-refractivity contribution is 7.88. The Morgan fingerprint density at radius 3 is 2.41 bits per heavy atom. The minimum absolute atomic E-state index is 0.0477. The van der Waals surface area contributed by atoms with Crippen LogP contribution in [0.3, 0.4) is 0 Å². The van der Waals surface area contributed by atoms with Crippen LogP contribution in [0.15, 0.2) is 42.6 Å². The number of piperidine rings is 1. The third-order valence-electron chi connectivity index (χ3n) is 5.80. The fraction of sp³-hybridized carbons (Fsp3) is 0.381. The summed E-state index contributed by atoms with van der Waals surface area (Å²) in [4.78, 5) is 2.32. The molecule has 1 aliphatic rings. The zero-order chi connectivity index (χ0) is 20.8. The predicted molar refractivity (Wildman–Crippen MR) is 114 cm³/mol. The molecule has 0 saturated carbocycles. The summed E-state index contributed by atoms with van der Waals surface area (Å²) in [6, 6.07) is 10.6. The number of rotatable bonds is 4. The molecule has 1 aromatic heterocycles. The number of benzene rings is 2. The van der Waals surface area contributed by atoms with E-state index in [1.54, 1.807) is 19.2 Å². The van der Waals surface area contributed by atoms with Gasteiger partial charge < -0.3 is 4.90 Å². The smallest absolute Gasteiger partial charge is 0.211 e. The first kappa shape index (κ1) is 19.8. The Morgan fingerprint density at radius 1 is 1.14 bits per heavy atom. The van der Waals surface area contributed by atoms with Gasteiger partial charge in [-0.25, -0.2) is 21.8 Å². The summed E-state index contributed by atoms with van der Waals surface area (Å²) < 4.78 is 40.2. The van der Waals surface area contributed by atoms with Gasteiger partial charge in [0.05, 0.1) is 23.7 Å². The molecule has 0 N–H and O–H groups in total. The molecule has 1 aliphatic heterocycles. The van der Waals surface area contributed by atoms with Gasteiger partial charge in [0.2, 0.25) is 10.0 Å². The molecule has 1 saturated heterocycles. The second-order valence-electron chi connectivity index (χ2n) is 7.73. The monoisotopic (exact) mass is 416 g/mol. The van der Waals surface area contributed by atoms with E-state index < -0.39 is 10.0 Å². The Morgan fingerprint density at radius 2 is 1.79 bits per heavy atom. The summed E-state index contributed by atoms with van der Waals surface area (Å²) in [5.74, 6) is -0.270. The maximum atomic E-state index is 13.2. The number of fused-ring (bicyclic) bond motifs is 1. The second kappa shape index (κ2) is 7.42. The van der Waals surface area contributed by atoms with Crippen molar-refractivity contribution in [2.24, 2.45) is 0 Å². The van der Waals surface area contributed by atoms with E-state index in [4.69, 9.17) is 0 Å². The van der Waals surface area contributed by atoms with Crippen molar-refractivity contribution in [3.05, 3.63) is 54.0 Å². The summed E-state index contributed by atoms with van der Waals surface area (Å²) >= 11 is 0. The molecule has 0 radical (unpaired) electrons. The average molecular weight is 417 g/mol. The number of aromatic nitrogens is 2. The predicted octanol–water partition coefficient (Wildman–Crippen LogP) is 3.33. The Hall–Kier alpha value is -2.45. The first-order valence-corrected chi connectivity index (χ1v) is 11.5. The summed E-state index contributed by atoms with van der Waals surface area (Å²) in [5, 5.41) is 5.51. The Kier molecular flexibility index (Phi) is 5.08. The van der Waals surface area contributed by atoms with E-state index in [0.717, 1.165) is 53.8 Å². The molecule has 0 bridgehead atoms. The fourth-order valence-corrected chi connectivity index (χ4v) is 4.79. The Labute approximate surface area is 170 Å². The average Bonchev–Trinajstić information content (AvgIpc) is 3.09. The minimum atomic E-state index is -3.17. The molecular formula is C21H25FN4O2S. The molecule has 29 heavy (non-hydrogen) atoms. The lowest BCUT2D eigenvalue weighted by molar-refractivity contribution is 0.314. The maximum Gasteiger partial charge on any atom is 0.211 e. The standard InChI is InChI=1S/C21H25FN4O2S/c1-15-12-21-16(14-23-26(21)19-6-4-17(22)5-7-19)13-20(15)25-10-8-18(9-11-25)24(2)29(3,27)28/h4-7,12-14,18H,8-11H2,1-3H3. The van der Waals surface area contributed by atoms with Crippen LogP contribution in [0.25, 0.3) is 16.6 Å². The van der Waals surface area contributed by atoms with Crippen LogP contribution in [0.4, 0.5) is 10.1 Å². The van der Waals surface area contributed by atoms with Crippen molar-refractivity contribution >= 4 is 26.6 Å². The molecule has 0 atom stereocenters. The van der Waals surface area contributed by atoms with E-state index in [2.05, 4.69) is 29.1 Å². The quantitative estimate of drug-likeness (QED) is 0.655. The molecule has 0 spiro atoms. The Bertz CT molecular complexity index is 1130. The lowest BCUT2D eigenvalue weighted by atomic mass is 10.0. The van der Waals surface area contributed by atoms with Crippen molar-refractivity contribution < 1.29 is 12.8 Å². The van der Waals surface area contributed by atoms with Crippen LogP contribution in [-0.2, 0) is 10.0 Å². The van der Waals surface area contributed by atoms with E-state index in [9.17, 15) is 12.8 Å². The van der Waals surface area contributed by atoms with E-state index in [1.165, 1.54) is 22.7 Å². The van der Waals surface area contributed by atoms with Crippen LogP contribution in [-0.4, -0.2) is 54.9 Å². The van der Waals surface area contributed by atoms with Crippen molar-refractivity contribution in [2.45, 2.75) is 25.8 Å². The number of hydrogen-bond donors (Lipinski definition) is 0. The van der Waals surface area contributed by atoms with Crippen LogP contribution in [0.1, 0.15) is 18.4 Å². The molecule has 0 unspecified atom stereocenters. The number of halogens is 1. The number of anilines is 1. The molecule has 0 aliphatic carbocycles. The highest BCUT2D eigenvalue weighted by Gasteiger charge is 2.28. The van der Waals surface area contributed by atoms with E-state index in [1.807, 2.05) is 10.9 Å². The van der Waals surface area contributed by atoms with Crippen molar-refractivity contribution in [1.29, 1.82) is 0 Å². The first-order valence-electron chi connectivity index (χ1n) is 9.66. The number of hydrogen-bond acceptors (Lipinski definition) is 4. The molecule has 154 valence electrons. The minimum Gasteiger partial charge on any atom is -0.371 e. The van der Waals surface area contributed by atoms with Gasteiger partial charge in [-0.3, -0.25) is 0 Å². The molecule has 3 aromatic rings. The molecule has 4 rings (SSSR count). The lowest BCUT2D eigenvalue weighted by Gasteiger charge is -2.37. The number of aryl methyl sites for hydroxylation is 1. The molecule has 8 heteroatoms. The maximum absolute atomic E-state index is 13.2. The molecule has 6 nitrogen and oxygen atoms in total. The van der Waals surface area contributed by atoms with Gasteiger partial charge in [-0.05, 0) is 61.7 Å². The summed E-state index contributed by atoms with van der Waals surface area (Å²) in [6.45, 7) is 3.69. The summed E-state index contributed by atoms with van der Waals surface area (Å²) in [6.07, 6.45) is 4.69. The zero-order valence-electron chi connectivity index (χ0n) is 16.8. The summed E-state index contributed by atoms with van der Waals surface area (Å²) in [7, 11) is -1.50. The number of sulfonamides is 1. The SMILES string of the molecule is Cc1cc2c(cnn2-c2ccc(F)cc2)cc1N1CCC(N(C)S(C)(=O)=O)CC1. The van der Waals surface area contributed by atoms with Gasteiger partial charge >= 0.3 is 0 Å². The van der Waals surface area contributed by atoms with Gasteiger partial charge in [-0.1, -0.05) is 0 Å². The van der Waals surface area contributed by atoms with Crippen molar-refractivity contribution in [2.75, 3.05) is 31.3 Å². The molecule has 1 fully saturated rings. The fourth-order valence-electron chi connectivity index (χ4n) is 4.04. The van der Waals surface area contributed by atoms with Crippen LogP contribution in [0, 0.1) is 12.7 Å². The van der Waals surface area contributed by atoms with Crippen LogP contribution < -0.4 is 4.90 Å².